The summed E-state index contributed by atoms with van der Waals surface area (Å²) in [7, 11) is 3.52. The maximum absolute atomic E-state index is 13.4. The fraction of sp³-hybridized carbons (Fsp3) is 0.976. The normalized spacial score (nSPS) is 44.5. The Kier molecular flexibility index (Phi) is 9.37. The second-order valence-corrected chi connectivity index (χ2v) is 19.8. The molecule has 2 unspecified atom stereocenters. The fourth-order valence-corrected chi connectivity index (χ4v) is 14.2. The van der Waals surface area contributed by atoms with Gasteiger partial charge in [0.05, 0.1) is 23.9 Å². The molecule has 5 saturated carbocycles. The third kappa shape index (κ3) is 5.23. The van der Waals surface area contributed by atoms with Gasteiger partial charge in [0, 0.05) is 63.9 Å². The first kappa shape index (κ1) is 37.3. The first-order chi connectivity index (χ1) is 23.4. The molecule has 2 aliphatic heterocycles. The maximum Gasteiger partial charge on any atom is 0.410 e. The zero-order valence-corrected chi connectivity index (χ0v) is 33.0. The topological polar surface area (TPSA) is 101 Å². The summed E-state index contributed by atoms with van der Waals surface area (Å²) in [4.78, 5) is 17.7. The average molecular weight is 703 g/mol. The summed E-state index contributed by atoms with van der Waals surface area (Å²) in [5.74, 6) is 1.75. The molecule has 0 bridgehead atoms. The van der Waals surface area contributed by atoms with E-state index in [0.29, 0.717) is 47.8 Å². The van der Waals surface area contributed by atoms with Crippen molar-refractivity contribution in [3.63, 3.8) is 0 Å². The number of hydrogen-bond acceptors (Lipinski definition) is 8. The van der Waals surface area contributed by atoms with Crippen molar-refractivity contribution in [3.8, 4) is 0 Å². The fourth-order valence-electron chi connectivity index (χ4n) is 14.2. The molecule has 0 aromatic heterocycles. The van der Waals surface area contributed by atoms with E-state index in [4.69, 9.17) is 18.9 Å². The second-order valence-electron chi connectivity index (χ2n) is 19.8. The Labute approximate surface area is 302 Å². The predicted molar refractivity (Wildman–Crippen MR) is 193 cm³/mol. The van der Waals surface area contributed by atoms with E-state index in [1.165, 1.54) is 12.8 Å². The third-order valence-electron chi connectivity index (χ3n) is 17.3. The van der Waals surface area contributed by atoms with Crippen LogP contribution in [0.25, 0.3) is 0 Å². The van der Waals surface area contributed by atoms with Crippen molar-refractivity contribution >= 4 is 6.09 Å². The van der Waals surface area contributed by atoms with Crippen molar-refractivity contribution < 1.29 is 34.0 Å². The van der Waals surface area contributed by atoms with E-state index in [0.717, 1.165) is 71.1 Å². The first-order valence-corrected chi connectivity index (χ1v) is 20.2. The SMILES string of the molecule is CCO[C@@H](C(C[C@@H](C)[C@H]1C[C@H](O)[C@@]2(C)C3CC[C@H]4C(C)(C)[C@@H](OC(=O)N5CC(N6CC(OC)C6)C5)CC[C@@]45C[C@@]35CC[C@]12C)OC)C(C)(C)O. The van der Waals surface area contributed by atoms with Crippen LogP contribution in [-0.2, 0) is 18.9 Å². The highest BCUT2D eigenvalue weighted by Gasteiger charge is 2.83. The van der Waals surface area contributed by atoms with Crippen LogP contribution in [0.4, 0.5) is 4.79 Å². The van der Waals surface area contributed by atoms with Crippen LogP contribution in [0.15, 0.2) is 0 Å². The van der Waals surface area contributed by atoms with Crippen LogP contribution in [0.5, 0.6) is 0 Å². The Bertz CT molecular complexity index is 1280. The number of rotatable bonds is 11. The molecule has 286 valence electrons. The lowest BCUT2D eigenvalue weighted by atomic mass is 9.41. The van der Waals surface area contributed by atoms with Gasteiger partial charge in [-0.2, -0.15) is 0 Å². The number of ether oxygens (including phenoxy) is 4. The number of carbonyl (C=O) groups excluding carboxylic acids is 1. The second kappa shape index (κ2) is 12.5. The van der Waals surface area contributed by atoms with E-state index in [9.17, 15) is 15.0 Å². The van der Waals surface area contributed by atoms with Gasteiger partial charge in [-0.15, -0.1) is 0 Å². The summed E-state index contributed by atoms with van der Waals surface area (Å²) < 4.78 is 23.9. The largest absolute Gasteiger partial charge is 0.446 e. The lowest BCUT2D eigenvalue weighted by Crippen LogP contribution is -2.68. The Morgan fingerprint density at radius 3 is 2.24 bits per heavy atom. The van der Waals surface area contributed by atoms with E-state index < -0.39 is 11.7 Å². The Balaban J connectivity index is 1.03. The molecule has 7 rings (SSSR count). The van der Waals surface area contributed by atoms with Crippen molar-refractivity contribution in [2.24, 2.45) is 50.7 Å². The van der Waals surface area contributed by atoms with E-state index in [1.807, 2.05) is 25.7 Å². The van der Waals surface area contributed by atoms with Crippen LogP contribution >= 0.6 is 0 Å². The summed E-state index contributed by atoms with van der Waals surface area (Å²) in [6.45, 7) is 21.7. The molecule has 0 aromatic rings. The molecule has 9 nitrogen and oxygen atoms in total. The molecule has 0 aromatic carbocycles. The standard InChI is InChI=1S/C41H70N2O7/c1-11-49-34(37(5,6)46)29(48-10)18-25(2)28-19-32(44)39(8)31-13-12-30-36(3,4)33(14-15-40(30)24-41(31,40)17-16-38(28,39)7)50-35(45)43-20-26(21-43)42-22-27(23-42)47-9/h25-34,44,46H,11-24H2,1-10H3/t25-,28-,29?,30+,31?,32+,33+,34+,38-,39-,40-,41+/m1/s1. The number of aliphatic hydroxyl groups excluding tert-OH is 1. The lowest BCUT2D eigenvalue weighted by Gasteiger charge is -2.64. The third-order valence-corrected chi connectivity index (χ3v) is 17.3. The van der Waals surface area contributed by atoms with Gasteiger partial charge >= 0.3 is 6.09 Å². The molecule has 2 saturated heterocycles. The van der Waals surface area contributed by atoms with Crippen LogP contribution in [-0.4, -0.2) is 115 Å². The van der Waals surface area contributed by atoms with Crippen molar-refractivity contribution in [3.05, 3.63) is 0 Å². The van der Waals surface area contributed by atoms with Crippen LogP contribution < -0.4 is 0 Å². The molecule has 7 aliphatic rings. The molecule has 2 heterocycles. The smallest absolute Gasteiger partial charge is 0.410 e. The van der Waals surface area contributed by atoms with Crippen molar-refractivity contribution in [1.82, 2.24) is 9.80 Å². The van der Waals surface area contributed by atoms with Crippen LogP contribution in [0.2, 0.25) is 0 Å². The number of likely N-dealkylation sites (tertiary alicyclic amines) is 2. The van der Waals surface area contributed by atoms with Crippen LogP contribution in [0.1, 0.15) is 113 Å². The molecule has 12 atom stereocenters. The van der Waals surface area contributed by atoms with Gasteiger partial charge in [-0.25, -0.2) is 4.79 Å². The number of hydrogen-bond donors (Lipinski definition) is 2. The molecule has 7 fully saturated rings. The summed E-state index contributed by atoms with van der Waals surface area (Å²) in [5, 5.41) is 23.2. The van der Waals surface area contributed by atoms with Gasteiger partial charge in [0.1, 0.15) is 12.2 Å². The predicted octanol–water partition coefficient (Wildman–Crippen LogP) is 6.13. The maximum atomic E-state index is 13.4. The molecular formula is C41H70N2O7. The lowest BCUT2D eigenvalue weighted by molar-refractivity contribution is -0.185. The molecule has 2 spiro atoms. The summed E-state index contributed by atoms with van der Waals surface area (Å²) >= 11 is 0. The van der Waals surface area contributed by atoms with Crippen LogP contribution in [0, 0.1) is 50.7 Å². The molecule has 5 aliphatic carbocycles. The number of aliphatic hydroxyl groups is 2. The van der Waals surface area contributed by atoms with Gasteiger partial charge in [-0.3, -0.25) is 4.90 Å². The quantitative estimate of drug-likeness (QED) is 0.265. The average Bonchev–Trinajstić information content (AvgIpc) is 3.62. The number of fused-ring (bicyclic) bond motifs is 2. The highest BCUT2D eigenvalue weighted by molar-refractivity contribution is 5.69. The zero-order valence-electron chi connectivity index (χ0n) is 33.0. The Hall–Kier alpha value is -0.970. The van der Waals surface area contributed by atoms with E-state index in [2.05, 4.69) is 39.5 Å². The minimum absolute atomic E-state index is 0.0321. The summed E-state index contributed by atoms with van der Waals surface area (Å²) in [5.41, 5.74) is -0.608. The molecule has 1 amide bonds. The van der Waals surface area contributed by atoms with Gasteiger partial charge in [-0.05, 0) is 118 Å². The molecular weight excluding hydrogens is 632 g/mol. The van der Waals surface area contributed by atoms with Crippen molar-refractivity contribution in [2.75, 3.05) is 47.0 Å². The first-order valence-electron chi connectivity index (χ1n) is 20.2. The highest BCUT2D eigenvalue weighted by atomic mass is 16.6. The van der Waals surface area contributed by atoms with Crippen LogP contribution in [0.3, 0.4) is 0 Å². The zero-order chi connectivity index (χ0) is 36.2. The minimum atomic E-state index is -1.01. The van der Waals surface area contributed by atoms with Gasteiger partial charge < -0.3 is 34.1 Å². The van der Waals surface area contributed by atoms with Gasteiger partial charge in [0.15, 0.2) is 0 Å². The van der Waals surface area contributed by atoms with E-state index >= 15 is 0 Å². The monoisotopic (exact) mass is 703 g/mol. The Morgan fingerprint density at radius 2 is 1.62 bits per heavy atom. The summed E-state index contributed by atoms with van der Waals surface area (Å²) in [6, 6.07) is 0.436. The van der Waals surface area contributed by atoms with Gasteiger partial charge in [0.25, 0.3) is 0 Å². The van der Waals surface area contributed by atoms with E-state index in [1.54, 1.807) is 14.2 Å². The van der Waals surface area contributed by atoms with Crippen molar-refractivity contribution in [2.45, 2.75) is 155 Å². The molecule has 0 radical (unpaired) electrons. The van der Waals surface area contributed by atoms with Gasteiger partial charge in [0.2, 0.25) is 0 Å². The minimum Gasteiger partial charge on any atom is -0.446 e. The molecule has 50 heavy (non-hydrogen) atoms. The Morgan fingerprint density at radius 1 is 0.960 bits per heavy atom. The molecule has 2 N–H and O–H groups in total. The summed E-state index contributed by atoms with van der Waals surface area (Å²) in [6.07, 6.45) is 8.90. The number of methoxy groups -OCH3 is 2. The number of amides is 1. The highest BCUT2D eigenvalue weighted by Crippen LogP contribution is 2.89. The number of carbonyl (C=O) groups is 1. The van der Waals surface area contributed by atoms with Gasteiger partial charge in [-0.1, -0.05) is 34.6 Å². The van der Waals surface area contributed by atoms with E-state index in [-0.39, 0.29) is 46.1 Å². The number of nitrogens with zero attached hydrogens (tertiary/aromatic N) is 2. The molecule has 9 heteroatoms. The van der Waals surface area contributed by atoms with Crippen molar-refractivity contribution in [1.29, 1.82) is 0 Å².